The number of carbonyl (C=O) groups excluding carboxylic acids is 1. The molecular weight excluding hydrogens is 710 g/mol. The Kier molecular flexibility index (Phi) is 12.0. The summed E-state index contributed by atoms with van der Waals surface area (Å²) in [6.45, 7) is 0.0261. The largest absolute Gasteiger partial charge is 0.392 e. The molecule has 0 aliphatic rings. The van der Waals surface area contributed by atoms with E-state index in [1.807, 2.05) is 54.6 Å². The number of carbonyl (C=O) groups is 1. The standard InChI is InChI=1S/C13H9BrCl2OS.C13H7BrCl2OS/c2*14-11-5-9(2-1-8(11)7-17)18-10-3-4-12(15)13(16)6-10/h1-6,17H,7H2;1-7H. The monoisotopic (exact) mass is 722 g/mol. The number of benzene rings is 4. The third-order valence-electron chi connectivity index (χ3n) is 4.55. The van der Waals surface area contributed by atoms with Crippen molar-refractivity contribution in [3.63, 3.8) is 0 Å². The zero-order valence-electron chi connectivity index (χ0n) is 18.2. The Morgan fingerprint density at radius 3 is 1.50 bits per heavy atom. The quantitative estimate of drug-likeness (QED) is 0.201. The van der Waals surface area contributed by atoms with Crippen LogP contribution < -0.4 is 0 Å². The van der Waals surface area contributed by atoms with Crippen molar-refractivity contribution in [3.8, 4) is 0 Å². The highest BCUT2D eigenvalue weighted by Gasteiger charge is 2.06. The highest BCUT2D eigenvalue weighted by atomic mass is 79.9. The molecule has 4 aromatic rings. The van der Waals surface area contributed by atoms with Gasteiger partial charge in [-0.25, -0.2) is 0 Å². The van der Waals surface area contributed by atoms with Gasteiger partial charge in [0.1, 0.15) is 0 Å². The van der Waals surface area contributed by atoms with Gasteiger partial charge in [-0.2, -0.15) is 0 Å². The highest BCUT2D eigenvalue weighted by molar-refractivity contribution is 9.10. The summed E-state index contributed by atoms with van der Waals surface area (Å²) >= 11 is 33.6. The number of hydrogen-bond acceptors (Lipinski definition) is 4. The van der Waals surface area contributed by atoms with Gasteiger partial charge in [0.2, 0.25) is 0 Å². The summed E-state index contributed by atoms with van der Waals surface area (Å²) in [5, 5.41) is 11.3. The lowest BCUT2D eigenvalue weighted by atomic mass is 10.2. The molecule has 4 aromatic carbocycles. The van der Waals surface area contributed by atoms with Crippen LogP contribution >= 0.6 is 102 Å². The van der Waals surface area contributed by atoms with E-state index < -0.39 is 0 Å². The maximum atomic E-state index is 10.7. The van der Waals surface area contributed by atoms with Crippen LogP contribution in [0.1, 0.15) is 15.9 Å². The van der Waals surface area contributed by atoms with Crippen LogP contribution in [-0.2, 0) is 6.61 Å². The molecule has 0 fully saturated rings. The molecule has 10 heteroatoms. The molecule has 0 saturated heterocycles. The molecule has 0 unspecified atom stereocenters. The molecular formula is C26H16Br2Cl4O2S2. The summed E-state index contributed by atoms with van der Waals surface area (Å²) in [6, 6.07) is 22.4. The number of halogens is 6. The molecule has 2 nitrogen and oxygen atoms in total. The molecule has 0 atom stereocenters. The van der Waals surface area contributed by atoms with Crippen LogP contribution in [0.5, 0.6) is 0 Å². The van der Waals surface area contributed by atoms with E-state index in [-0.39, 0.29) is 6.61 Å². The van der Waals surface area contributed by atoms with E-state index in [4.69, 9.17) is 51.5 Å². The Hall–Kier alpha value is -0.670. The second-order valence-corrected chi connectivity index (χ2v) is 12.7. The van der Waals surface area contributed by atoms with Gasteiger partial charge < -0.3 is 5.11 Å². The second-order valence-electron chi connectivity index (χ2n) is 7.07. The first-order valence-electron chi connectivity index (χ1n) is 10.1. The van der Waals surface area contributed by atoms with Crippen LogP contribution in [0.3, 0.4) is 0 Å². The molecule has 0 spiro atoms. The number of hydrogen-bond donors (Lipinski definition) is 1. The molecule has 4 rings (SSSR count). The summed E-state index contributed by atoms with van der Waals surface area (Å²) in [6.07, 6.45) is 0.817. The minimum Gasteiger partial charge on any atom is -0.392 e. The van der Waals surface area contributed by atoms with Crippen LogP contribution in [0, 0.1) is 0 Å². The molecule has 0 aliphatic carbocycles. The van der Waals surface area contributed by atoms with E-state index in [1.54, 1.807) is 41.7 Å². The first kappa shape index (κ1) is 29.9. The van der Waals surface area contributed by atoms with Crippen LogP contribution in [0.25, 0.3) is 0 Å². The molecule has 0 heterocycles. The predicted molar refractivity (Wildman–Crippen MR) is 161 cm³/mol. The third kappa shape index (κ3) is 8.69. The van der Waals surface area contributed by atoms with Gasteiger partial charge in [0.05, 0.1) is 26.7 Å². The first-order valence-corrected chi connectivity index (χ1v) is 14.8. The van der Waals surface area contributed by atoms with Gasteiger partial charge in [-0.1, -0.05) is 108 Å². The smallest absolute Gasteiger partial charge is 0.151 e. The van der Waals surface area contributed by atoms with Crippen molar-refractivity contribution in [1.29, 1.82) is 0 Å². The molecule has 0 amide bonds. The second kappa shape index (κ2) is 14.5. The Morgan fingerprint density at radius 1 is 0.639 bits per heavy atom. The van der Waals surface area contributed by atoms with Gasteiger partial charge >= 0.3 is 0 Å². The number of aliphatic hydroxyl groups excluding tert-OH is 1. The van der Waals surface area contributed by atoms with Gasteiger partial charge in [-0.3, -0.25) is 4.79 Å². The summed E-state index contributed by atoms with van der Waals surface area (Å²) in [4.78, 5) is 14.8. The van der Waals surface area contributed by atoms with Gasteiger partial charge in [0, 0.05) is 34.1 Å². The van der Waals surface area contributed by atoms with E-state index in [0.717, 1.165) is 40.4 Å². The van der Waals surface area contributed by atoms with Crippen LogP contribution in [0.4, 0.5) is 0 Å². The molecule has 0 aromatic heterocycles. The van der Waals surface area contributed by atoms with Crippen molar-refractivity contribution in [2.75, 3.05) is 0 Å². The fraction of sp³-hybridized carbons (Fsp3) is 0.0385. The Balaban J connectivity index is 0.000000201. The highest BCUT2D eigenvalue weighted by Crippen LogP contribution is 2.35. The Bertz CT molecular complexity index is 1390. The molecule has 0 saturated carbocycles. The third-order valence-corrected chi connectivity index (χ3v) is 9.41. The van der Waals surface area contributed by atoms with Gasteiger partial charge in [0.15, 0.2) is 6.29 Å². The fourth-order valence-electron chi connectivity index (χ4n) is 2.74. The fourth-order valence-corrected chi connectivity index (χ4v) is 6.54. The van der Waals surface area contributed by atoms with Crippen molar-refractivity contribution in [2.45, 2.75) is 26.2 Å². The van der Waals surface area contributed by atoms with Crippen molar-refractivity contribution in [3.05, 3.63) is 113 Å². The first-order chi connectivity index (χ1) is 17.2. The van der Waals surface area contributed by atoms with Gasteiger partial charge in [-0.05, 0) is 72.3 Å². The van der Waals surface area contributed by atoms with E-state index >= 15 is 0 Å². The minimum atomic E-state index is 0.0261. The zero-order chi connectivity index (χ0) is 26.2. The lowest BCUT2D eigenvalue weighted by Crippen LogP contribution is -1.85. The van der Waals surface area contributed by atoms with Crippen LogP contribution in [-0.4, -0.2) is 11.4 Å². The molecule has 0 radical (unpaired) electrons. The topological polar surface area (TPSA) is 37.3 Å². The average molecular weight is 726 g/mol. The number of rotatable bonds is 6. The molecule has 36 heavy (non-hydrogen) atoms. The summed E-state index contributed by atoms with van der Waals surface area (Å²) in [5.41, 5.74) is 1.50. The van der Waals surface area contributed by atoms with Gasteiger partial charge in [-0.15, -0.1) is 0 Å². The summed E-state index contributed by atoms with van der Waals surface area (Å²) in [5.74, 6) is 0. The van der Waals surface area contributed by atoms with Crippen molar-refractivity contribution >= 4 is 108 Å². The maximum Gasteiger partial charge on any atom is 0.151 e. The molecule has 186 valence electrons. The Morgan fingerprint density at radius 2 is 1.08 bits per heavy atom. The van der Waals surface area contributed by atoms with E-state index in [9.17, 15) is 4.79 Å². The number of aldehydes is 1. The Labute approximate surface area is 254 Å². The molecule has 0 bridgehead atoms. The normalized spacial score (nSPS) is 10.5. The SMILES string of the molecule is O=Cc1ccc(Sc2ccc(Cl)c(Cl)c2)cc1Br.OCc1ccc(Sc2ccc(Cl)c(Cl)c2)cc1Br. The van der Waals surface area contributed by atoms with Crippen LogP contribution in [0.2, 0.25) is 20.1 Å². The average Bonchev–Trinajstić information content (AvgIpc) is 2.84. The zero-order valence-corrected chi connectivity index (χ0v) is 26.0. The molecule has 1 N–H and O–H groups in total. The van der Waals surface area contributed by atoms with Crippen molar-refractivity contribution in [1.82, 2.24) is 0 Å². The lowest BCUT2D eigenvalue weighted by Gasteiger charge is -2.06. The maximum absolute atomic E-state index is 10.7. The van der Waals surface area contributed by atoms with E-state index in [1.165, 1.54) is 0 Å². The minimum absolute atomic E-state index is 0.0261. The lowest BCUT2D eigenvalue weighted by molar-refractivity contribution is 0.112. The van der Waals surface area contributed by atoms with Crippen LogP contribution in [0.15, 0.2) is 101 Å². The van der Waals surface area contributed by atoms with Gasteiger partial charge in [0.25, 0.3) is 0 Å². The van der Waals surface area contributed by atoms with E-state index in [0.29, 0.717) is 25.7 Å². The summed E-state index contributed by atoms with van der Waals surface area (Å²) < 4.78 is 1.68. The molecule has 0 aliphatic heterocycles. The number of aliphatic hydroxyl groups is 1. The van der Waals surface area contributed by atoms with Crippen molar-refractivity contribution in [2.24, 2.45) is 0 Å². The van der Waals surface area contributed by atoms with E-state index in [2.05, 4.69) is 31.9 Å². The summed E-state index contributed by atoms with van der Waals surface area (Å²) in [7, 11) is 0. The predicted octanol–water partition coefficient (Wildman–Crippen LogP) is 11.1. The van der Waals surface area contributed by atoms with Crippen molar-refractivity contribution < 1.29 is 9.90 Å².